The van der Waals surface area contributed by atoms with Crippen LogP contribution in [-0.2, 0) is 15.7 Å². The minimum absolute atomic E-state index is 0.0360. The Labute approximate surface area is 139 Å². The van der Waals surface area contributed by atoms with Gasteiger partial charge in [-0.2, -0.15) is 13.2 Å². The van der Waals surface area contributed by atoms with E-state index in [9.17, 15) is 27.2 Å². The molecule has 0 atom stereocenters. The van der Waals surface area contributed by atoms with Gasteiger partial charge < -0.3 is 16.2 Å². The van der Waals surface area contributed by atoms with E-state index >= 15 is 0 Å². The molecule has 0 saturated heterocycles. The Balaban J connectivity index is 2.94. The molecule has 1 rings (SSSR count). The average molecular weight is 361 g/mol. The molecule has 0 radical (unpaired) electrons. The monoisotopic (exact) mass is 361 g/mol. The second-order valence-electron chi connectivity index (χ2n) is 4.86. The molecular formula is C15H15F4N3O3. The zero-order chi connectivity index (χ0) is 19.4. The number of hydrogen-bond donors (Lipinski definition) is 3. The van der Waals surface area contributed by atoms with Crippen LogP contribution in [-0.4, -0.2) is 24.2 Å². The lowest BCUT2D eigenvalue weighted by Gasteiger charge is -2.11. The van der Waals surface area contributed by atoms with E-state index < -0.39 is 52.9 Å². The van der Waals surface area contributed by atoms with Crippen molar-refractivity contribution in [1.29, 1.82) is 5.41 Å². The summed E-state index contributed by atoms with van der Waals surface area (Å²) in [5.41, 5.74) is 8.18. The van der Waals surface area contributed by atoms with Gasteiger partial charge in [0.2, 0.25) is 0 Å². The number of alkyl halides is 3. The zero-order valence-electron chi connectivity index (χ0n) is 13.0. The molecule has 0 spiro atoms. The summed E-state index contributed by atoms with van der Waals surface area (Å²) < 4.78 is 55.7. The van der Waals surface area contributed by atoms with Gasteiger partial charge >= 0.3 is 12.1 Å². The van der Waals surface area contributed by atoms with E-state index in [1.807, 2.05) is 0 Å². The van der Waals surface area contributed by atoms with Crippen LogP contribution in [0.5, 0.6) is 0 Å². The van der Waals surface area contributed by atoms with E-state index in [1.165, 1.54) is 0 Å². The van der Waals surface area contributed by atoms with Crippen molar-refractivity contribution in [2.45, 2.75) is 19.5 Å². The molecule has 1 aromatic carbocycles. The first-order chi connectivity index (χ1) is 11.5. The number of ketones is 1. The first-order valence-electron chi connectivity index (χ1n) is 6.89. The van der Waals surface area contributed by atoms with Gasteiger partial charge in [0, 0.05) is 11.3 Å². The average Bonchev–Trinajstić information content (AvgIpc) is 2.51. The highest BCUT2D eigenvalue weighted by atomic mass is 19.4. The SMILES string of the molecule is CCC(N)=C(C(=N)N)C(=O)OCC(=O)c1ccc(F)c(C(F)(F)F)c1. The van der Waals surface area contributed by atoms with Crippen molar-refractivity contribution in [3.63, 3.8) is 0 Å². The number of carbonyl (C=O) groups excluding carboxylic acids is 2. The number of esters is 1. The molecule has 0 heterocycles. The van der Waals surface area contributed by atoms with Crippen molar-refractivity contribution in [2.24, 2.45) is 11.5 Å². The third-order valence-electron chi connectivity index (χ3n) is 3.10. The molecule has 25 heavy (non-hydrogen) atoms. The van der Waals surface area contributed by atoms with Crippen LogP contribution in [0.2, 0.25) is 0 Å². The minimum atomic E-state index is -4.98. The lowest BCUT2D eigenvalue weighted by molar-refractivity contribution is -0.140. The first kappa shape index (κ1) is 20.1. The Morgan fingerprint density at radius 3 is 2.32 bits per heavy atom. The van der Waals surface area contributed by atoms with Crippen molar-refractivity contribution in [3.8, 4) is 0 Å². The molecule has 10 heteroatoms. The molecular weight excluding hydrogens is 346 g/mol. The fourth-order valence-corrected chi connectivity index (χ4v) is 1.79. The summed E-state index contributed by atoms with van der Waals surface area (Å²) in [7, 11) is 0. The van der Waals surface area contributed by atoms with Gasteiger partial charge in [0.15, 0.2) is 12.4 Å². The number of halogens is 4. The van der Waals surface area contributed by atoms with E-state index in [4.69, 9.17) is 16.9 Å². The van der Waals surface area contributed by atoms with Crippen molar-refractivity contribution in [3.05, 3.63) is 46.4 Å². The van der Waals surface area contributed by atoms with Crippen LogP contribution < -0.4 is 11.5 Å². The van der Waals surface area contributed by atoms with E-state index in [-0.39, 0.29) is 12.1 Å². The molecule has 0 amide bonds. The van der Waals surface area contributed by atoms with Gasteiger partial charge in [-0.1, -0.05) is 6.92 Å². The maximum Gasteiger partial charge on any atom is 0.419 e. The van der Waals surface area contributed by atoms with Crippen molar-refractivity contribution < 1.29 is 31.9 Å². The minimum Gasteiger partial charge on any atom is -0.454 e. The molecule has 0 fully saturated rings. The van der Waals surface area contributed by atoms with Crippen LogP contribution in [0.1, 0.15) is 29.3 Å². The van der Waals surface area contributed by atoms with Crippen molar-refractivity contribution in [2.75, 3.05) is 6.61 Å². The number of nitrogens with two attached hydrogens (primary N) is 2. The van der Waals surface area contributed by atoms with Gasteiger partial charge in [-0.05, 0) is 24.6 Å². The van der Waals surface area contributed by atoms with Crippen LogP contribution in [0.3, 0.4) is 0 Å². The molecule has 1 aromatic rings. The summed E-state index contributed by atoms with van der Waals surface area (Å²) in [4.78, 5) is 23.7. The van der Waals surface area contributed by atoms with E-state index in [1.54, 1.807) is 6.92 Å². The Kier molecular flexibility index (Phi) is 6.26. The highest BCUT2D eigenvalue weighted by Gasteiger charge is 2.34. The van der Waals surface area contributed by atoms with Crippen LogP contribution >= 0.6 is 0 Å². The van der Waals surface area contributed by atoms with Crippen molar-refractivity contribution in [1.82, 2.24) is 0 Å². The molecule has 0 aliphatic heterocycles. The molecule has 0 bridgehead atoms. The van der Waals surface area contributed by atoms with Gasteiger partial charge in [0.1, 0.15) is 17.2 Å². The maximum absolute atomic E-state index is 13.2. The topological polar surface area (TPSA) is 119 Å². The zero-order valence-corrected chi connectivity index (χ0v) is 13.0. The number of ether oxygens (including phenoxy) is 1. The number of allylic oxidation sites excluding steroid dienone is 1. The summed E-state index contributed by atoms with van der Waals surface area (Å²) in [5.74, 6) is -4.34. The number of benzene rings is 1. The molecule has 0 aliphatic carbocycles. The third-order valence-corrected chi connectivity index (χ3v) is 3.10. The summed E-state index contributed by atoms with van der Waals surface area (Å²) in [6, 6.07) is 1.66. The predicted octanol–water partition coefficient (Wildman–Crippen LogP) is 2.13. The normalized spacial score (nSPS) is 12.4. The second-order valence-corrected chi connectivity index (χ2v) is 4.86. The largest absolute Gasteiger partial charge is 0.454 e. The Bertz CT molecular complexity index is 742. The second kappa shape index (κ2) is 7.77. The Morgan fingerprint density at radius 1 is 1.24 bits per heavy atom. The smallest absolute Gasteiger partial charge is 0.419 e. The van der Waals surface area contributed by atoms with Gasteiger partial charge in [-0.3, -0.25) is 10.2 Å². The van der Waals surface area contributed by atoms with Gasteiger partial charge in [-0.15, -0.1) is 0 Å². The number of amidine groups is 1. The lowest BCUT2D eigenvalue weighted by atomic mass is 10.1. The standard InChI is InChI=1S/C15H15F4N3O3/c1-2-10(20)12(13(21)22)14(24)25-6-11(23)7-3-4-9(16)8(5-7)15(17,18)19/h3-5H,2,6,20H2,1H3,(H3,21,22). The predicted molar refractivity (Wildman–Crippen MR) is 80.1 cm³/mol. The Hall–Kier alpha value is -2.91. The Morgan fingerprint density at radius 2 is 1.84 bits per heavy atom. The molecule has 0 saturated carbocycles. The van der Waals surface area contributed by atoms with E-state index in [2.05, 4.69) is 4.74 Å². The highest BCUT2D eigenvalue weighted by molar-refractivity contribution is 6.17. The molecule has 136 valence electrons. The number of hydrogen-bond acceptors (Lipinski definition) is 5. The van der Waals surface area contributed by atoms with Gasteiger partial charge in [0.05, 0.1) is 5.56 Å². The van der Waals surface area contributed by atoms with Gasteiger partial charge in [-0.25, -0.2) is 9.18 Å². The fourth-order valence-electron chi connectivity index (χ4n) is 1.79. The highest BCUT2D eigenvalue weighted by Crippen LogP contribution is 2.32. The third kappa shape index (κ3) is 5.03. The number of nitrogens with one attached hydrogen (secondary N) is 1. The van der Waals surface area contributed by atoms with Crippen molar-refractivity contribution >= 4 is 17.6 Å². The molecule has 6 nitrogen and oxygen atoms in total. The quantitative estimate of drug-likeness (QED) is 0.179. The van der Waals surface area contributed by atoms with E-state index in [0.717, 1.165) is 6.07 Å². The summed E-state index contributed by atoms with van der Waals surface area (Å²) in [5, 5.41) is 7.27. The van der Waals surface area contributed by atoms with E-state index in [0.29, 0.717) is 12.1 Å². The number of Topliss-reactive ketones (excluding diaryl/α,β-unsaturated/α-hetero) is 1. The maximum atomic E-state index is 13.2. The van der Waals surface area contributed by atoms with Crippen LogP contribution in [0.25, 0.3) is 0 Å². The lowest BCUT2D eigenvalue weighted by Crippen LogP contribution is -2.27. The summed E-state index contributed by atoms with van der Waals surface area (Å²) in [6.07, 6.45) is -4.79. The molecule has 0 aliphatic rings. The molecule has 5 N–H and O–H groups in total. The van der Waals surface area contributed by atoms with Crippen LogP contribution in [0, 0.1) is 11.2 Å². The summed E-state index contributed by atoms with van der Waals surface area (Å²) in [6.45, 7) is 0.670. The number of carbonyl (C=O) groups is 2. The molecule has 0 unspecified atom stereocenters. The van der Waals surface area contributed by atoms with Gasteiger partial charge in [0.25, 0.3) is 0 Å². The summed E-state index contributed by atoms with van der Waals surface area (Å²) >= 11 is 0. The number of rotatable bonds is 6. The molecule has 0 aromatic heterocycles. The van der Waals surface area contributed by atoms with Crippen LogP contribution in [0.4, 0.5) is 17.6 Å². The fraction of sp³-hybridized carbons (Fsp3) is 0.267. The first-order valence-corrected chi connectivity index (χ1v) is 6.89. The van der Waals surface area contributed by atoms with Crippen LogP contribution in [0.15, 0.2) is 29.5 Å².